The zero-order valence-corrected chi connectivity index (χ0v) is 19.7. The Kier molecular flexibility index (Phi) is 7.15. The van der Waals surface area contributed by atoms with Gasteiger partial charge in [0.2, 0.25) is 11.9 Å². The van der Waals surface area contributed by atoms with Gasteiger partial charge in [-0.05, 0) is 67.1 Å². The Labute approximate surface area is 202 Å². The molecular formula is C28H33N5O. The fourth-order valence-corrected chi connectivity index (χ4v) is 5.10. The Balaban J connectivity index is 1.21. The van der Waals surface area contributed by atoms with Crippen LogP contribution in [0.3, 0.4) is 0 Å². The maximum atomic E-state index is 13.0. The van der Waals surface area contributed by atoms with E-state index in [2.05, 4.69) is 67.5 Å². The second-order valence-corrected chi connectivity index (χ2v) is 9.39. The van der Waals surface area contributed by atoms with Gasteiger partial charge in [-0.3, -0.25) is 9.69 Å². The summed E-state index contributed by atoms with van der Waals surface area (Å²) in [5.74, 6) is 0.768. The predicted molar refractivity (Wildman–Crippen MR) is 135 cm³/mol. The third-order valence-corrected chi connectivity index (χ3v) is 6.97. The van der Waals surface area contributed by atoms with E-state index in [1.165, 1.54) is 42.6 Å². The number of carbonyl (C=O) groups is 1. The van der Waals surface area contributed by atoms with Crippen LogP contribution in [0.4, 0.5) is 5.95 Å². The van der Waals surface area contributed by atoms with Crippen LogP contribution in [0.25, 0.3) is 11.1 Å². The van der Waals surface area contributed by atoms with Gasteiger partial charge in [0, 0.05) is 38.6 Å². The van der Waals surface area contributed by atoms with Crippen LogP contribution in [0.15, 0.2) is 67.0 Å². The van der Waals surface area contributed by atoms with Gasteiger partial charge in [0.25, 0.3) is 0 Å². The second kappa shape index (κ2) is 10.8. The Morgan fingerprint density at radius 1 is 0.912 bits per heavy atom. The van der Waals surface area contributed by atoms with Crippen LogP contribution in [0.2, 0.25) is 0 Å². The highest BCUT2D eigenvalue weighted by Gasteiger charge is 2.27. The number of likely N-dealkylation sites (tertiary alicyclic amines) is 1. The Morgan fingerprint density at radius 2 is 1.68 bits per heavy atom. The summed E-state index contributed by atoms with van der Waals surface area (Å²) in [4.78, 5) is 26.4. The Morgan fingerprint density at radius 3 is 2.47 bits per heavy atom. The summed E-state index contributed by atoms with van der Waals surface area (Å²) in [6.07, 6.45) is 8.00. The molecule has 0 radical (unpaired) electrons. The van der Waals surface area contributed by atoms with Crippen LogP contribution in [0, 0.1) is 5.92 Å². The van der Waals surface area contributed by atoms with Gasteiger partial charge in [0.15, 0.2) is 0 Å². The van der Waals surface area contributed by atoms with Crippen molar-refractivity contribution in [3.63, 3.8) is 0 Å². The summed E-state index contributed by atoms with van der Waals surface area (Å²) in [7, 11) is 0. The molecule has 6 heteroatoms. The molecule has 0 unspecified atom stereocenters. The average Bonchev–Trinajstić information content (AvgIpc) is 3.42. The van der Waals surface area contributed by atoms with Gasteiger partial charge in [-0.1, -0.05) is 48.5 Å². The molecule has 3 heterocycles. The lowest BCUT2D eigenvalue weighted by molar-refractivity contribution is -0.125. The van der Waals surface area contributed by atoms with E-state index >= 15 is 0 Å². The van der Waals surface area contributed by atoms with E-state index in [1.54, 1.807) is 12.4 Å². The van der Waals surface area contributed by atoms with Crippen LogP contribution in [-0.2, 0) is 17.9 Å². The second-order valence-electron chi connectivity index (χ2n) is 9.39. The van der Waals surface area contributed by atoms with Crippen LogP contribution < -0.4 is 10.2 Å². The number of benzene rings is 2. The number of anilines is 1. The Bertz CT molecular complexity index is 1080. The van der Waals surface area contributed by atoms with Crippen molar-refractivity contribution in [2.24, 2.45) is 5.92 Å². The fraction of sp³-hybridized carbons (Fsp3) is 0.393. The molecule has 1 aromatic heterocycles. The summed E-state index contributed by atoms with van der Waals surface area (Å²) in [5.41, 5.74) is 4.88. The van der Waals surface area contributed by atoms with Gasteiger partial charge < -0.3 is 10.2 Å². The van der Waals surface area contributed by atoms with Gasteiger partial charge >= 0.3 is 0 Å². The zero-order chi connectivity index (χ0) is 23.2. The quantitative estimate of drug-likeness (QED) is 0.576. The highest BCUT2D eigenvalue weighted by atomic mass is 16.1. The molecule has 0 aliphatic carbocycles. The normalized spacial score (nSPS) is 18.7. The number of nitrogens with one attached hydrogen (secondary N) is 1. The van der Waals surface area contributed by atoms with Crippen molar-refractivity contribution in [3.05, 3.63) is 78.1 Å². The van der Waals surface area contributed by atoms with E-state index < -0.39 is 0 Å². The molecule has 1 amide bonds. The van der Waals surface area contributed by atoms with Crippen LogP contribution in [0.5, 0.6) is 0 Å². The van der Waals surface area contributed by atoms with E-state index in [-0.39, 0.29) is 11.8 Å². The molecule has 2 aliphatic heterocycles. The number of hydrogen-bond donors (Lipinski definition) is 1. The van der Waals surface area contributed by atoms with Gasteiger partial charge in [0.05, 0.1) is 5.92 Å². The first-order chi connectivity index (χ1) is 16.8. The topological polar surface area (TPSA) is 61.4 Å². The van der Waals surface area contributed by atoms with Crippen molar-refractivity contribution in [2.75, 3.05) is 31.1 Å². The smallest absolute Gasteiger partial charge is 0.225 e. The van der Waals surface area contributed by atoms with Crippen molar-refractivity contribution in [3.8, 4) is 11.1 Å². The molecule has 176 valence electrons. The Hall–Kier alpha value is -3.25. The molecule has 2 aromatic carbocycles. The highest BCUT2D eigenvalue weighted by Crippen LogP contribution is 2.25. The molecular weight excluding hydrogens is 422 g/mol. The monoisotopic (exact) mass is 455 g/mol. The van der Waals surface area contributed by atoms with E-state index in [4.69, 9.17) is 0 Å². The molecule has 0 spiro atoms. The fourth-order valence-electron chi connectivity index (χ4n) is 5.10. The molecule has 2 fully saturated rings. The molecule has 0 bridgehead atoms. The van der Waals surface area contributed by atoms with Gasteiger partial charge in [0.1, 0.15) is 0 Å². The van der Waals surface area contributed by atoms with Crippen molar-refractivity contribution in [1.29, 1.82) is 0 Å². The molecule has 2 saturated heterocycles. The van der Waals surface area contributed by atoms with Gasteiger partial charge in [-0.15, -0.1) is 0 Å². The lowest BCUT2D eigenvalue weighted by Crippen LogP contribution is -2.43. The number of rotatable bonds is 7. The maximum absolute atomic E-state index is 13.0. The molecule has 1 N–H and O–H groups in total. The highest BCUT2D eigenvalue weighted by molar-refractivity contribution is 5.80. The SMILES string of the molecule is O=C(NCc1ccccc1-c1ccc(CN2CCCC2)cc1)[C@H]1CCCN(c2ncccn2)C1. The van der Waals surface area contributed by atoms with Gasteiger partial charge in [-0.2, -0.15) is 0 Å². The first-order valence-corrected chi connectivity index (χ1v) is 12.5. The minimum atomic E-state index is -0.0467. The molecule has 0 saturated carbocycles. The molecule has 5 rings (SSSR count). The number of nitrogens with zero attached hydrogens (tertiary/aromatic N) is 4. The van der Waals surface area contributed by atoms with Crippen molar-refractivity contribution in [2.45, 2.75) is 38.8 Å². The van der Waals surface area contributed by atoms with Crippen LogP contribution >= 0.6 is 0 Å². The average molecular weight is 456 g/mol. The standard InChI is InChI=1S/C28H33N5O/c34-27(25-8-5-18-33(21-25)28-29-14-6-15-30-28)31-19-24-7-1-2-9-26(24)23-12-10-22(11-13-23)20-32-16-3-4-17-32/h1-2,6-7,9-15,25H,3-5,8,16-21H2,(H,31,34)/t25-/m0/s1. The molecule has 1 atom stereocenters. The number of piperidine rings is 1. The minimum absolute atomic E-state index is 0.0467. The molecule has 3 aromatic rings. The molecule has 34 heavy (non-hydrogen) atoms. The van der Waals surface area contributed by atoms with E-state index in [0.29, 0.717) is 19.0 Å². The third kappa shape index (κ3) is 5.45. The van der Waals surface area contributed by atoms with Crippen molar-refractivity contribution >= 4 is 11.9 Å². The third-order valence-electron chi connectivity index (χ3n) is 6.97. The van der Waals surface area contributed by atoms with Crippen molar-refractivity contribution < 1.29 is 4.79 Å². The summed E-state index contributed by atoms with van der Waals surface area (Å²) < 4.78 is 0. The van der Waals surface area contributed by atoms with Crippen molar-refractivity contribution in [1.82, 2.24) is 20.2 Å². The first kappa shape index (κ1) is 22.5. The van der Waals surface area contributed by atoms with E-state index in [0.717, 1.165) is 31.5 Å². The molecule has 2 aliphatic rings. The molecule has 6 nitrogen and oxygen atoms in total. The largest absolute Gasteiger partial charge is 0.352 e. The van der Waals surface area contributed by atoms with E-state index in [9.17, 15) is 4.79 Å². The number of hydrogen-bond acceptors (Lipinski definition) is 5. The first-order valence-electron chi connectivity index (χ1n) is 12.5. The summed E-state index contributed by atoms with van der Waals surface area (Å²) in [5, 5.41) is 3.20. The van der Waals surface area contributed by atoms with Crippen LogP contribution in [0.1, 0.15) is 36.8 Å². The summed E-state index contributed by atoms with van der Waals surface area (Å²) >= 11 is 0. The number of aromatic nitrogens is 2. The van der Waals surface area contributed by atoms with Crippen LogP contribution in [-0.4, -0.2) is 47.0 Å². The maximum Gasteiger partial charge on any atom is 0.225 e. The number of amides is 1. The minimum Gasteiger partial charge on any atom is -0.352 e. The van der Waals surface area contributed by atoms with E-state index in [1.807, 2.05) is 12.1 Å². The summed E-state index contributed by atoms with van der Waals surface area (Å²) in [6, 6.07) is 19.1. The number of carbonyl (C=O) groups excluding carboxylic acids is 1. The lowest BCUT2D eigenvalue weighted by Gasteiger charge is -2.32. The zero-order valence-electron chi connectivity index (χ0n) is 19.7. The van der Waals surface area contributed by atoms with Gasteiger partial charge in [-0.25, -0.2) is 9.97 Å². The predicted octanol–water partition coefficient (Wildman–Crippen LogP) is 4.27. The summed E-state index contributed by atoms with van der Waals surface area (Å²) in [6.45, 7) is 5.54. The lowest BCUT2D eigenvalue weighted by atomic mass is 9.96.